The van der Waals surface area contributed by atoms with E-state index in [4.69, 9.17) is 5.11 Å². The second-order valence-electron chi connectivity index (χ2n) is 9.94. The molecule has 0 unspecified atom stereocenters. The van der Waals surface area contributed by atoms with E-state index < -0.39 is 5.97 Å². The van der Waals surface area contributed by atoms with Crippen LogP contribution in [0.1, 0.15) is 61.0 Å². The van der Waals surface area contributed by atoms with E-state index in [0.29, 0.717) is 11.0 Å². The zero-order valence-electron chi connectivity index (χ0n) is 17.3. The van der Waals surface area contributed by atoms with Gasteiger partial charge in [-0.2, -0.15) is 0 Å². The maximum absolute atomic E-state index is 13.0. The first-order chi connectivity index (χ1) is 14.5. The SMILES string of the molecule is O=C(O)CCNC(=O)c1cc(-c2ccccc2)[nH]c1CC12CC3CC(CC(C3)C1)C2. The summed E-state index contributed by atoms with van der Waals surface area (Å²) in [6, 6.07) is 12.0. The number of carbonyl (C=O) groups is 2. The number of hydrogen-bond acceptors (Lipinski definition) is 2. The highest BCUT2D eigenvalue weighted by Gasteiger charge is 2.51. The highest BCUT2D eigenvalue weighted by molar-refractivity contribution is 5.97. The summed E-state index contributed by atoms with van der Waals surface area (Å²) in [4.78, 5) is 27.4. The van der Waals surface area contributed by atoms with Crippen molar-refractivity contribution in [3.05, 3.63) is 47.7 Å². The zero-order chi connectivity index (χ0) is 20.7. The van der Waals surface area contributed by atoms with Crippen LogP contribution >= 0.6 is 0 Å². The number of carboxylic acid groups (broad SMARTS) is 1. The Labute approximate surface area is 177 Å². The molecule has 1 amide bonds. The third-order valence-corrected chi connectivity index (χ3v) is 7.57. The molecule has 0 spiro atoms. The number of aromatic amines is 1. The smallest absolute Gasteiger partial charge is 0.305 e. The van der Waals surface area contributed by atoms with Gasteiger partial charge in [0.05, 0.1) is 12.0 Å². The van der Waals surface area contributed by atoms with Crippen LogP contribution in [0.5, 0.6) is 0 Å². The summed E-state index contributed by atoms with van der Waals surface area (Å²) in [6.07, 6.45) is 8.94. The number of aliphatic carboxylic acids is 1. The summed E-state index contributed by atoms with van der Waals surface area (Å²) in [7, 11) is 0. The molecule has 5 heteroatoms. The number of carbonyl (C=O) groups excluding carboxylic acids is 1. The molecule has 3 N–H and O–H groups in total. The van der Waals surface area contributed by atoms with E-state index in [1.165, 1.54) is 38.5 Å². The third kappa shape index (κ3) is 3.78. The van der Waals surface area contributed by atoms with Crippen LogP contribution in [-0.2, 0) is 11.2 Å². The van der Waals surface area contributed by atoms with Crippen molar-refractivity contribution in [3.63, 3.8) is 0 Å². The molecule has 158 valence electrons. The Morgan fingerprint density at radius 2 is 1.67 bits per heavy atom. The van der Waals surface area contributed by atoms with Gasteiger partial charge in [0.1, 0.15) is 0 Å². The highest BCUT2D eigenvalue weighted by atomic mass is 16.4. The van der Waals surface area contributed by atoms with Crippen molar-refractivity contribution in [1.82, 2.24) is 10.3 Å². The van der Waals surface area contributed by atoms with Gasteiger partial charge in [0.15, 0.2) is 0 Å². The van der Waals surface area contributed by atoms with E-state index in [1.54, 1.807) is 0 Å². The maximum atomic E-state index is 13.0. The molecule has 4 fully saturated rings. The predicted octanol–water partition coefficient (Wildman–Crippen LogP) is 4.65. The van der Waals surface area contributed by atoms with E-state index in [-0.39, 0.29) is 18.9 Å². The minimum Gasteiger partial charge on any atom is -0.481 e. The number of hydrogen-bond donors (Lipinski definition) is 3. The summed E-state index contributed by atoms with van der Waals surface area (Å²) < 4.78 is 0. The number of H-pyrrole nitrogens is 1. The Morgan fingerprint density at radius 3 is 2.27 bits per heavy atom. The number of carboxylic acids is 1. The predicted molar refractivity (Wildman–Crippen MR) is 115 cm³/mol. The molecule has 4 bridgehead atoms. The molecule has 4 saturated carbocycles. The molecule has 0 aliphatic heterocycles. The minimum absolute atomic E-state index is 0.0635. The maximum Gasteiger partial charge on any atom is 0.305 e. The van der Waals surface area contributed by atoms with Gasteiger partial charge in [-0.05, 0) is 79.7 Å². The summed E-state index contributed by atoms with van der Waals surface area (Å²) in [6.45, 7) is 0.150. The largest absolute Gasteiger partial charge is 0.481 e. The van der Waals surface area contributed by atoms with Crippen molar-refractivity contribution in [2.75, 3.05) is 6.54 Å². The monoisotopic (exact) mass is 406 g/mol. The van der Waals surface area contributed by atoms with Crippen LogP contribution in [0.25, 0.3) is 11.3 Å². The van der Waals surface area contributed by atoms with Crippen LogP contribution in [-0.4, -0.2) is 28.5 Å². The van der Waals surface area contributed by atoms with Gasteiger partial charge in [-0.3, -0.25) is 9.59 Å². The molecule has 5 nitrogen and oxygen atoms in total. The van der Waals surface area contributed by atoms with Crippen molar-refractivity contribution >= 4 is 11.9 Å². The first kappa shape index (κ1) is 19.4. The van der Waals surface area contributed by atoms with E-state index >= 15 is 0 Å². The molecule has 6 rings (SSSR count). The lowest BCUT2D eigenvalue weighted by Gasteiger charge is -2.57. The molecule has 4 aliphatic carbocycles. The first-order valence-electron chi connectivity index (χ1n) is 11.3. The van der Waals surface area contributed by atoms with E-state index in [9.17, 15) is 9.59 Å². The fourth-order valence-corrected chi connectivity index (χ4v) is 6.87. The lowest BCUT2D eigenvalue weighted by atomic mass is 9.48. The van der Waals surface area contributed by atoms with Crippen LogP contribution in [0, 0.1) is 23.2 Å². The summed E-state index contributed by atoms with van der Waals surface area (Å²) in [5, 5.41) is 11.7. The normalized spacial score (nSPS) is 29.1. The Hall–Kier alpha value is -2.56. The van der Waals surface area contributed by atoms with Crippen LogP contribution in [0.2, 0.25) is 0 Å². The quantitative estimate of drug-likeness (QED) is 0.626. The van der Waals surface area contributed by atoms with E-state index in [0.717, 1.165) is 41.1 Å². The van der Waals surface area contributed by atoms with Gasteiger partial charge in [-0.25, -0.2) is 0 Å². The van der Waals surface area contributed by atoms with Crippen LogP contribution in [0.15, 0.2) is 36.4 Å². The lowest BCUT2D eigenvalue weighted by molar-refractivity contribution is -0.136. The second kappa shape index (κ2) is 7.60. The number of amides is 1. The summed E-state index contributed by atoms with van der Waals surface area (Å²) >= 11 is 0. The fraction of sp³-hybridized carbons (Fsp3) is 0.520. The average molecular weight is 407 g/mol. The van der Waals surface area contributed by atoms with Gasteiger partial charge >= 0.3 is 5.97 Å². The third-order valence-electron chi connectivity index (χ3n) is 7.57. The van der Waals surface area contributed by atoms with Crippen molar-refractivity contribution in [3.8, 4) is 11.3 Å². The highest BCUT2D eigenvalue weighted by Crippen LogP contribution is 2.61. The van der Waals surface area contributed by atoms with Crippen molar-refractivity contribution in [1.29, 1.82) is 0 Å². The molecule has 0 saturated heterocycles. The average Bonchev–Trinajstić information content (AvgIpc) is 3.10. The number of benzene rings is 1. The molecule has 0 radical (unpaired) electrons. The first-order valence-corrected chi connectivity index (χ1v) is 11.3. The van der Waals surface area contributed by atoms with Gasteiger partial charge in [-0.15, -0.1) is 0 Å². The molecular weight excluding hydrogens is 376 g/mol. The van der Waals surface area contributed by atoms with Crippen molar-refractivity contribution in [2.24, 2.45) is 23.2 Å². The van der Waals surface area contributed by atoms with Crippen LogP contribution in [0.3, 0.4) is 0 Å². The Morgan fingerprint density at radius 1 is 1.03 bits per heavy atom. The fourth-order valence-electron chi connectivity index (χ4n) is 6.87. The molecule has 30 heavy (non-hydrogen) atoms. The zero-order valence-corrected chi connectivity index (χ0v) is 17.3. The van der Waals surface area contributed by atoms with E-state index in [2.05, 4.69) is 10.3 Å². The molecule has 1 aromatic carbocycles. The minimum atomic E-state index is -0.900. The topological polar surface area (TPSA) is 82.2 Å². The van der Waals surface area contributed by atoms with Crippen LogP contribution in [0.4, 0.5) is 0 Å². The van der Waals surface area contributed by atoms with Crippen LogP contribution < -0.4 is 5.32 Å². The standard InChI is InChI=1S/C25H30N2O3/c28-23(29)6-7-26-24(30)20-11-21(19-4-2-1-3-5-19)27-22(20)15-25-12-16-8-17(13-25)10-18(9-16)14-25/h1-5,11,16-18,27H,6-10,12-15H2,(H,26,30)(H,28,29). The molecule has 0 atom stereocenters. The van der Waals surface area contributed by atoms with Gasteiger partial charge < -0.3 is 15.4 Å². The summed E-state index contributed by atoms with van der Waals surface area (Å²) in [5.74, 6) is 1.53. The molecule has 1 heterocycles. The Kier molecular flexibility index (Phi) is 4.92. The van der Waals surface area contributed by atoms with Gasteiger partial charge in [-0.1, -0.05) is 30.3 Å². The number of rotatable bonds is 7. The Bertz CT molecular complexity index is 911. The molecule has 2 aromatic rings. The number of nitrogens with one attached hydrogen (secondary N) is 2. The summed E-state index contributed by atoms with van der Waals surface area (Å²) in [5.41, 5.74) is 4.04. The molecular formula is C25H30N2O3. The van der Waals surface area contributed by atoms with Crippen molar-refractivity contribution in [2.45, 2.75) is 51.4 Å². The van der Waals surface area contributed by atoms with Gasteiger partial charge in [0.2, 0.25) is 0 Å². The number of aromatic nitrogens is 1. The van der Waals surface area contributed by atoms with Gasteiger partial charge in [0.25, 0.3) is 5.91 Å². The van der Waals surface area contributed by atoms with E-state index in [1.807, 2.05) is 36.4 Å². The molecule has 1 aromatic heterocycles. The Balaban J connectivity index is 1.43. The second-order valence-corrected chi connectivity index (χ2v) is 9.94. The molecule has 4 aliphatic rings. The lowest BCUT2D eigenvalue weighted by Crippen LogP contribution is -2.47. The van der Waals surface area contributed by atoms with Crippen molar-refractivity contribution < 1.29 is 14.7 Å². The van der Waals surface area contributed by atoms with Gasteiger partial charge in [0, 0.05) is 17.9 Å².